The number of carbonyl (C=O) groups is 2. The number of hydrogen-bond acceptors (Lipinski definition) is 5. The number of aromatic nitrogens is 3. The summed E-state index contributed by atoms with van der Waals surface area (Å²) in [7, 11) is 0. The lowest BCUT2D eigenvalue weighted by atomic mass is 9.88. The Hall–Kier alpha value is -3.59. The van der Waals surface area contributed by atoms with Crippen LogP contribution in [0.2, 0.25) is 0 Å². The van der Waals surface area contributed by atoms with Gasteiger partial charge in [0.1, 0.15) is 11.3 Å². The third-order valence-corrected chi connectivity index (χ3v) is 7.29. The smallest absolute Gasteiger partial charge is 0.261 e. The number of benzene rings is 1. The van der Waals surface area contributed by atoms with Gasteiger partial charge in [0.2, 0.25) is 0 Å². The second-order valence-electron chi connectivity index (χ2n) is 10.1. The van der Waals surface area contributed by atoms with Gasteiger partial charge in [0.05, 0.1) is 27.2 Å². The molecule has 4 rings (SSSR count). The SMILES string of the molecule is CC(Cc1ccc(F)cc1)NC(=O)c1ccc(-c2cnc3[nH]cc(C(=O)NC(C)C(C)(C)C)c3n2)s1. The molecule has 9 heteroatoms. The summed E-state index contributed by atoms with van der Waals surface area (Å²) >= 11 is 1.31. The fraction of sp³-hybridized carbons (Fsp3) is 0.333. The van der Waals surface area contributed by atoms with Crippen molar-refractivity contribution in [2.24, 2.45) is 5.41 Å². The zero-order valence-corrected chi connectivity index (χ0v) is 21.8. The fourth-order valence-electron chi connectivity index (χ4n) is 3.59. The Morgan fingerprint density at radius 2 is 1.78 bits per heavy atom. The van der Waals surface area contributed by atoms with Crippen LogP contribution >= 0.6 is 11.3 Å². The van der Waals surface area contributed by atoms with Crippen molar-refractivity contribution < 1.29 is 14.0 Å². The summed E-state index contributed by atoms with van der Waals surface area (Å²) in [4.78, 5) is 39.1. The van der Waals surface area contributed by atoms with Gasteiger partial charge in [0.15, 0.2) is 5.65 Å². The van der Waals surface area contributed by atoms with E-state index in [-0.39, 0.29) is 35.1 Å². The van der Waals surface area contributed by atoms with Gasteiger partial charge in [-0.15, -0.1) is 11.3 Å². The van der Waals surface area contributed by atoms with Crippen LogP contribution in [0.3, 0.4) is 0 Å². The van der Waals surface area contributed by atoms with Crippen LogP contribution in [0.25, 0.3) is 21.7 Å². The molecule has 0 saturated heterocycles. The molecule has 0 saturated carbocycles. The van der Waals surface area contributed by atoms with Crippen LogP contribution in [0.1, 0.15) is 60.2 Å². The zero-order valence-electron chi connectivity index (χ0n) is 21.0. The maximum absolute atomic E-state index is 13.1. The molecule has 0 aliphatic heterocycles. The van der Waals surface area contributed by atoms with Gasteiger partial charge in [0.25, 0.3) is 11.8 Å². The summed E-state index contributed by atoms with van der Waals surface area (Å²) in [5.41, 5.74) is 2.89. The number of hydrogen-bond donors (Lipinski definition) is 3. The molecule has 0 spiro atoms. The molecule has 1 aromatic carbocycles. The zero-order chi connectivity index (χ0) is 26.0. The number of nitrogens with zero attached hydrogens (tertiary/aromatic N) is 2. The van der Waals surface area contributed by atoms with E-state index in [1.807, 2.05) is 19.9 Å². The van der Waals surface area contributed by atoms with Crippen LogP contribution in [0, 0.1) is 11.2 Å². The van der Waals surface area contributed by atoms with Crippen LogP contribution < -0.4 is 10.6 Å². The first-order valence-corrected chi connectivity index (χ1v) is 12.6. The lowest BCUT2D eigenvalue weighted by Gasteiger charge is -2.27. The number of amides is 2. The molecule has 7 nitrogen and oxygen atoms in total. The van der Waals surface area contributed by atoms with Crippen molar-refractivity contribution in [2.75, 3.05) is 0 Å². The Morgan fingerprint density at radius 1 is 1.06 bits per heavy atom. The van der Waals surface area contributed by atoms with Crippen molar-refractivity contribution in [3.63, 3.8) is 0 Å². The molecule has 3 heterocycles. The van der Waals surface area contributed by atoms with Gasteiger partial charge in [-0.25, -0.2) is 14.4 Å². The summed E-state index contributed by atoms with van der Waals surface area (Å²) in [5.74, 6) is -0.681. The Morgan fingerprint density at radius 3 is 2.47 bits per heavy atom. The van der Waals surface area contributed by atoms with Crippen LogP contribution in [0.5, 0.6) is 0 Å². The molecular formula is C27H30FN5O2S. The van der Waals surface area contributed by atoms with Gasteiger partial charge in [-0.3, -0.25) is 9.59 Å². The van der Waals surface area contributed by atoms with Crippen molar-refractivity contribution in [3.8, 4) is 10.6 Å². The molecule has 2 atom stereocenters. The van der Waals surface area contributed by atoms with Gasteiger partial charge < -0.3 is 15.6 Å². The van der Waals surface area contributed by atoms with Crippen LogP contribution in [0.4, 0.5) is 4.39 Å². The van der Waals surface area contributed by atoms with E-state index in [2.05, 4.69) is 46.4 Å². The Balaban J connectivity index is 1.48. The summed E-state index contributed by atoms with van der Waals surface area (Å²) in [5, 5.41) is 6.02. The monoisotopic (exact) mass is 507 g/mol. The first-order chi connectivity index (χ1) is 17.0. The predicted octanol–water partition coefficient (Wildman–Crippen LogP) is 5.35. The molecule has 4 aromatic rings. The molecule has 188 valence electrons. The van der Waals surface area contributed by atoms with E-state index >= 15 is 0 Å². The lowest BCUT2D eigenvalue weighted by Crippen LogP contribution is -2.41. The number of nitrogens with one attached hydrogen (secondary N) is 3. The number of halogens is 1. The summed E-state index contributed by atoms with van der Waals surface area (Å²) < 4.78 is 13.1. The van der Waals surface area contributed by atoms with Crippen LogP contribution in [-0.4, -0.2) is 38.8 Å². The molecule has 3 aromatic heterocycles. The third-order valence-electron chi connectivity index (χ3n) is 6.19. The van der Waals surface area contributed by atoms with E-state index in [1.54, 1.807) is 30.6 Å². The van der Waals surface area contributed by atoms with E-state index in [1.165, 1.54) is 23.5 Å². The molecule has 3 N–H and O–H groups in total. The maximum atomic E-state index is 13.1. The molecule has 0 radical (unpaired) electrons. The number of fused-ring (bicyclic) bond motifs is 1. The highest BCUT2D eigenvalue weighted by Crippen LogP contribution is 2.28. The molecular weight excluding hydrogens is 477 g/mol. The highest BCUT2D eigenvalue weighted by atomic mass is 32.1. The molecule has 0 aliphatic carbocycles. The quantitative estimate of drug-likeness (QED) is 0.314. The van der Waals surface area contributed by atoms with Crippen molar-refractivity contribution >= 4 is 34.3 Å². The van der Waals surface area contributed by atoms with E-state index < -0.39 is 0 Å². The predicted molar refractivity (Wildman–Crippen MR) is 141 cm³/mol. The Bertz CT molecular complexity index is 1390. The van der Waals surface area contributed by atoms with Crippen molar-refractivity contribution in [3.05, 3.63) is 70.6 Å². The van der Waals surface area contributed by atoms with Gasteiger partial charge in [-0.2, -0.15) is 0 Å². The Kier molecular flexibility index (Phi) is 7.21. The summed E-state index contributed by atoms with van der Waals surface area (Å²) in [6.45, 7) is 10.1. The standard InChI is InChI=1S/C27H30FN5O2S/c1-15(12-17-6-8-18(28)9-7-17)31-26(35)22-11-10-21(36-22)20-14-30-24-23(33-20)19(13-29-24)25(34)32-16(2)27(3,4)5/h6-11,13-16H,12H2,1-5H3,(H,29,30)(H,31,35)(H,32,34). The average Bonchev–Trinajstić information content (AvgIpc) is 3.47. The fourth-order valence-corrected chi connectivity index (χ4v) is 4.46. The van der Waals surface area contributed by atoms with Gasteiger partial charge in [-0.1, -0.05) is 32.9 Å². The molecule has 0 fully saturated rings. The number of thiophene rings is 1. The highest BCUT2D eigenvalue weighted by molar-refractivity contribution is 7.17. The van der Waals surface area contributed by atoms with E-state index in [9.17, 15) is 14.0 Å². The van der Waals surface area contributed by atoms with Gasteiger partial charge in [0, 0.05) is 18.3 Å². The van der Waals surface area contributed by atoms with E-state index in [4.69, 9.17) is 0 Å². The molecule has 0 bridgehead atoms. The lowest BCUT2D eigenvalue weighted by molar-refractivity contribution is 0.0909. The third kappa shape index (κ3) is 5.79. The number of rotatable bonds is 7. The largest absolute Gasteiger partial charge is 0.349 e. The average molecular weight is 508 g/mol. The van der Waals surface area contributed by atoms with Crippen molar-refractivity contribution in [1.29, 1.82) is 0 Å². The minimum Gasteiger partial charge on any atom is -0.349 e. The minimum atomic E-state index is -0.283. The second-order valence-corrected chi connectivity index (χ2v) is 11.2. The maximum Gasteiger partial charge on any atom is 0.261 e. The normalized spacial score (nSPS) is 13.4. The van der Waals surface area contributed by atoms with Crippen molar-refractivity contribution in [1.82, 2.24) is 25.6 Å². The highest BCUT2D eigenvalue weighted by Gasteiger charge is 2.24. The summed E-state index contributed by atoms with van der Waals surface area (Å²) in [6, 6.07) is 9.69. The molecule has 2 unspecified atom stereocenters. The number of carbonyl (C=O) groups excluding carboxylic acids is 2. The van der Waals surface area contributed by atoms with Crippen LogP contribution in [-0.2, 0) is 6.42 Å². The number of aromatic amines is 1. The van der Waals surface area contributed by atoms with Gasteiger partial charge >= 0.3 is 0 Å². The Labute approximate surface area is 213 Å². The first-order valence-electron chi connectivity index (χ1n) is 11.8. The second kappa shape index (κ2) is 10.2. The van der Waals surface area contributed by atoms with E-state index in [0.29, 0.717) is 33.7 Å². The van der Waals surface area contributed by atoms with E-state index in [0.717, 1.165) is 10.4 Å². The minimum absolute atomic E-state index is 0.0325. The topological polar surface area (TPSA) is 99.8 Å². The van der Waals surface area contributed by atoms with Crippen molar-refractivity contribution in [2.45, 2.75) is 53.1 Å². The molecule has 2 amide bonds. The first kappa shape index (κ1) is 25.5. The molecule has 0 aliphatic rings. The number of H-pyrrole nitrogens is 1. The molecule has 36 heavy (non-hydrogen) atoms. The van der Waals surface area contributed by atoms with Crippen LogP contribution in [0.15, 0.2) is 48.8 Å². The van der Waals surface area contributed by atoms with Gasteiger partial charge in [-0.05, 0) is 55.5 Å². The summed E-state index contributed by atoms with van der Waals surface area (Å²) in [6.07, 6.45) is 3.84.